The van der Waals surface area contributed by atoms with E-state index < -0.39 is 0 Å². The molecule has 1 amide bonds. The van der Waals surface area contributed by atoms with Crippen LogP contribution in [-0.4, -0.2) is 31.1 Å². The van der Waals surface area contributed by atoms with Crippen molar-refractivity contribution in [2.75, 3.05) is 19.1 Å². The van der Waals surface area contributed by atoms with Crippen LogP contribution in [0.1, 0.15) is 31.2 Å². The molecule has 0 radical (unpaired) electrons. The Morgan fingerprint density at radius 2 is 2.25 bits per heavy atom. The fourth-order valence-electron chi connectivity index (χ4n) is 2.57. The van der Waals surface area contributed by atoms with Crippen molar-refractivity contribution < 1.29 is 9.53 Å². The first-order chi connectivity index (χ1) is 9.71. The molecule has 0 saturated heterocycles. The van der Waals surface area contributed by atoms with Crippen LogP contribution in [0.2, 0.25) is 0 Å². The summed E-state index contributed by atoms with van der Waals surface area (Å²) in [6.07, 6.45) is 3.99. The van der Waals surface area contributed by atoms with Crippen LogP contribution in [-0.2, 0) is 4.79 Å². The number of amides is 1. The van der Waals surface area contributed by atoms with Gasteiger partial charge in [-0.15, -0.1) is 0 Å². The van der Waals surface area contributed by atoms with E-state index in [0.717, 1.165) is 29.9 Å². The molecule has 0 bridgehead atoms. The quantitative estimate of drug-likeness (QED) is 0.839. The number of thioether (sulfide) groups is 1. The summed E-state index contributed by atoms with van der Waals surface area (Å²) in [6, 6.07) is 8.29. The fraction of sp³-hybridized carbons (Fsp3) is 0.562. The van der Waals surface area contributed by atoms with Crippen molar-refractivity contribution >= 4 is 17.7 Å². The Morgan fingerprint density at radius 3 is 2.90 bits per heavy atom. The van der Waals surface area contributed by atoms with Gasteiger partial charge in [-0.2, -0.15) is 11.8 Å². The zero-order chi connectivity index (χ0) is 14.5. The number of rotatable bonds is 7. The van der Waals surface area contributed by atoms with Gasteiger partial charge in [-0.3, -0.25) is 4.79 Å². The van der Waals surface area contributed by atoms with E-state index in [4.69, 9.17) is 4.74 Å². The first-order valence-electron chi connectivity index (χ1n) is 7.13. The number of methoxy groups -OCH3 is 1. The maximum absolute atomic E-state index is 12.3. The average Bonchev–Trinajstić information content (AvgIpc) is 3.27. The SMILES string of the molecule is CCC(CSC)NC(=O)C1CC1c1ccccc1OC. The first kappa shape index (κ1) is 15.2. The van der Waals surface area contributed by atoms with E-state index in [-0.39, 0.29) is 17.9 Å². The smallest absolute Gasteiger partial charge is 0.223 e. The Kier molecular flexibility index (Phi) is 5.35. The molecular weight excluding hydrogens is 270 g/mol. The van der Waals surface area contributed by atoms with Crippen molar-refractivity contribution in [2.45, 2.75) is 31.7 Å². The van der Waals surface area contributed by atoms with Crippen LogP contribution in [0.15, 0.2) is 24.3 Å². The molecule has 4 heteroatoms. The molecule has 0 heterocycles. The summed E-state index contributed by atoms with van der Waals surface area (Å²) in [5.74, 6) is 2.50. The molecule has 2 rings (SSSR count). The molecule has 20 heavy (non-hydrogen) atoms. The van der Waals surface area contributed by atoms with E-state index in [0.29, 0.717) is 5.92 Å². The summed E-state index contributed by atoms with van der Waals surface area (Å²) >= 11 is 1.78. The van der Waals surface area contributed by atoms with Crippen molar-refractivity contribution in [1.29, 1.82) is 0 Å². The van der Waals surface area contributed by atoms with Crippen LogP contribution < -0.4 is 10.1 Å². The molecule has 1 aromatic carbocycles. The Balaban J connectivity index is 1.95. The number of benzene rings is 1. The van der Waals surface area contributed by atoms with Gasteiger partial charge >= 0.3 is 0 Å². The lowest BCUT2D eigenvalue weighted by Gasteiger charge is -2.16. The summed E-state index contributed by atoms with van der Waals surface area (Å²) in [7, 11) is 1.68. The van der Waals surface area contributed by atoms with Gasteiger partial charge in [-0.05, 0) is 36.6 Å². The van der Waals surface area contributed by atoms with Crippen LogP contribution in [0, 0.1) is 5.92 Å². The zero-order valence-electron chi connectivity index (χ0n) is 12.4. The third-order valence-corrected chi connectivity index (χ3v) is 4.61. The molecule has 1 aliphatic carbocycles. The summed E-state index contributed by atoms with van der Waals surface area (Å²) in [4.78, 5) is 12.3. The van der Waals surface area contributed by atoms with Gasteiger partial charge in [-0.25, -0.2) is 0 Å². The second-order valence-corrected chi connectivity index (χ2v) is 6.17. The Morgan fingerprint density at radius 1 is 1.50 bits per heavy atom. The normalized spacial score (nSPS) is 22.1. The van der Waals surface area contributed by atoms with Crippen LogP contribution in [0.25, 0.3) is 0 Å². The van der Waals surface area contributed by atoms with Gasteiger partial charge < -0.3 is 10.1 Å². The highest BCUT2D eigenvalue weighted by Gasteiger charge is 2.45. The summed E-state index contributed by atoms with van der Waals surface area (Å²) < 4.78 is 5.38. The van der Waals surface area contributed by atoms with Gasteiger partial charge in [0.1, 0.15) is 5.75 Å². The first-order valence-corrected chi connectivity index (χ1v) is 8.52. The molecule has 3 atom stereocenters. The summed E-state index contributed by atoms with van der Waals surface area (Å²) in [5.41, 5.74) is 1.16. The lowest BCUT2D eigenvalue weighted by Crippen LogP contribution is -2.37. The minimum Gasteiger partial charge on any atom is -0.496 e. The molecule has 0 aliphatic heterocycles. The molecule has 1 saturated carbocycles. The zero-order valence-corrected chi connectivity index (χ0v) is 13.2. The van der Waals surface area contributed by atoms with Crippen molar-refractivity contribution in [3.63, 3.8) is 0 Å². The molecular formula is C16H23NO2S. The third kappa shape index (κ3) is 3.48. The van der Waals surface area contributed by atoms with Gasteiger partial charge in [0.15, 0.2) is 0 Å². The molecule has 1 N–H and O–H groups in total. The molecule has 0 spiro atoms. The Labute approximate surface area is 125 Å². The maximum Gasteiger partial charge on any atom is 0.223 e. The molecule has 1 aliphatic rings. The van der Waals surface area contributed by atoms with Gasteiger partial charge in [0, 0.05) is 17.7 Å². The van der Waals surface area contributed by atoms with E-state index in [1.54, 1.807) is 18.9 Å². The summed E-state index contributed by atoms with van der Waals surface area (Å²) in [6.45, 7) is 2.12. The minimum absolute atomic E-state index is 0.113. The van der Waals surface area contributed by atoms with Crippen LogP contribution in [0.3, 0.4) is 0 Å². The van der Waals surface area contributed by atoms with Gasteiger partial charge in [0.25, 0.3) is 0 Å². The minimum atomic E-state index is 0.113. The van der Waals surface area contributed by atoms with Gasteiger partial charge in [0.2, 0.25) is 5.91 Å². The average molecular weight is 293 g/mol. The molecule has 1 aromatic rings. The van der Waals surface area contributed by atoms with Crippen molar-refractivity contribution in [3.8, 4) is 5.75 Å². The predicted octanol–water partition coefficient (Wildman–Crippen LogP) is 3.06. The standard InChI is InChI=1S/C16H23NO2S/c1-4-11(10-20-3)17-16(18)14-9-13(14)12-7-5-6-8-15(12)19-2/h5-8,11,13-14H,4,9-10H2,1-3H3,(H,17,18). The molecule has 1 fully saturated rings. The highest BCUT2D eigenvalue weighted by atomic mass is 32.2. The topological polar surface area (TPSA) is 38.3 Å². The van der Waals surface area contributed by atoms with Crippen LogP contribution >= 0.6 is 11.8 Å². The Bertz CT molecular complexity index is 464. The van der Waals surface area contributed by atoms with Crippen LogP contribution in [0.5, 0.6) is 5.75 Å². The van der Waals surface area contributed by atoms with Gasteiger partial charge in [-0.1, -0.05) is 25.1 Å². The summed E-state index contributed by atoms with van der Waals surface area (Å²) in [5, 5.41) is 3.17. The van der Waals surface area contributed by atoms with Crippen LogP contribution in [0.4, 0.5) is 0 Å². The number of nitrogens with one attached hydrogen (secondary N) is 1. The van der Waals surface area contributed by atoms with Crippen molar-refractivity contribution in [3.05, 3.63) is 29.8 Å². The lowest BCUT2D eigenvalue weighted by atomic mass is 10.1. The van der Waals surface area contributed by atoms with Gasteiger partial charge in [0.05, 0.1) is 7.11 Å². The monoisotopic (exact) mass is 293 g/mol. The molecule has 110 valence electrons. The third-order valence-electron chi connectivity index (χ3n) is 3.87. The number of carbonyl (C=O) groups excluding carboxylic acids is 1. The van der Waals surface area contributed by atoms with Crippen molar-refractivity contribution in [2.24, 2.45) is 5.92 Å². The van der Waals surface area contributed by atoms with E-state index in [1.165, 1.54) is 0 Å². The van der Waals surface area contributed by atoms with E-state index in [2.05, 4.69) is 24.6 Å². The number of para-hydroxylation sites is 1. The molecule has 3 nitrogen and oxygen atoms in total. The number of hydrogen-bond acceptors (Lipinski definition) is 3. The Hall–Kier alpha value is -1.16. The maximum atomic E-state index is 12.3. The number of hydrogen-bond donors (Lipinski definition) is 1. The van der Waals surface area contributed by atoms with E-state index >= 15 is 0 Å². The largest absolute Gasteiger partial charge is 0.496 e. The van der Waals surface area contributed by atoms with Crippen molar-refractivity contribution in [1.82, 2.24) is 5.32 Å². The molecule has 3 unspecified atom stereocenters. The van der Waals surface area contributed by atoms with E-state index in [9.17, 15) is 4.79 Å². The number of ether oxygens (including phenoxy) is 1. The number of carbonyl (C=O) groups is 1. The second kappa shape index (κ2) is 7.02. The highest BCUT2D eigenvalue weighted by molar-refractivity contribution is 7.98. The fourth-order valence-corrected chi connectivity index (χ4v) is 3.29. The lowest BCUT2D eigenvalue weighted by molar-refractivity contribution is -0.123. The van der Waals surface area contributed by atoms with E-state index in [1.807, 2.05) is 18.2 Å². The predicted molar refractivity (Wildman–Crippen MR) is 84.4 cm³/mol. The molecule has 0 aromatic heterocycles. The highest BCUT2D eigenvalue weighted by Crippen LogP contribution is 2.50. The second-order valence-electron chi connectivity index (χ2n) is 5.26.